The molecular weight excluding hydrogens is 205 g/mol. The predicted molar refractivity (Wildman–Crippen MR) is 65.1 cm³/mol. The first kappa shape index (κ1) is 13.0. The van der Waals surface area contributed by atoms with Crippen molar-refractivity contribution in [3.05, 3.63) is 29.6 Å². The molecule has 0 radical (unpaired) electrons. The number of anilines is 1. The van der Waals surface area contributed by atoms with Crippen LogP contribution in [0.15, 0.2) is 18.2 Å². The summed E-state index contributed by atoms with van der Waals surface area (Å²) in [6.45, 7) is 6.63. The van der Waals surface area contributed by atoms with Gasteiger partial charge < -0.3 is 10.0 Å². The Balaban J connectivity index is 2.90. The molecule has 0 saturated carbocycles. The number of rotatable bonds is 4. The first-order valence-electron chi connectivity index (χ1n) is 5.60. The van der Waals surface area contributed by atoms with Gasteiger partial charge in [-0.25, -0.2) is 4.39 Å². The number of hydrogen-bond acceptors (Lipinski definition) is 2. The van der Waals surface area contributed by atoms with Gasteiger partial charge in [-0.2, -0.15) is 0 Å². The molecule has 0 amide bonds. The highest BCUT2D eigenvalue weighted by Gasteiger charge is 2.11. The van der Waals surface area contributed by atoms with E-state index in [1.807, 2.05) is 11.9 Å². The predicted octanol–water partition coefficient (Wildman–Crippen LogP) is 2.97. The van der Waals surface area contributed by atoms with Gasteiger partial charge in [0.05, 0.1) is 11.8 Å². The zero-order valence-electron chi connectivity index (χ0n) is 10.4. The zero-order valence-corrected chi connectivity index (χ0v) is 10.4. The van der Waals surface area contributed by atoms with Crippen LogP contribution >= 0.6 is 0 Å². The molecule has 0 aliphatic rings. The number of hydrogen-bond donors (Lipinski definition) is 1. The maximum Gasteiger partial charge on any atom is 0.146 e. The largest absolute Gasteiger partial charge is 0.389 e. The smallest absolute Gasteiger partial charge is 0.146 e. The van der Waals surface area contributed by atoms with Gasteiger partial charge in [-0.1, -0.05) is 19.9 Å². The molecule has 0 fully saturated rings. The second-order valence-electron chi connectivity index (χ2n) is 4.66. The van der Waals surface area contributed by atoms with E-state index in [2.05, 4.69) is 13.8 Å². The summed E-state index contributed by atoms with van der Waals surface area (Å²) in [7, 11) is 1.88. The molecule has 0 bridgehead atoms. The van der Waals surface area contributed by atoms with Gasteiger partial charge >= 0.3 is 0 Å². The van der Waals surface area contributed by atoms with Gasteiger partial charge in [-0.05, 0) is 30.5 Å². The van der Waals surface area contributed by atoms with Crippen LogP contribution < -0.4 is 4.90 Å². The molecule has 0 heterocycles. The summed E-state index contributed by atoms with van der Waals surface area (Å²) in [4.78, 5) is 1.89. The Labute approximate surface area is 96.7 Å². The molecule has 1 atom stereocenters. The second kappa shape index (κ2) is 5.30. The minimum atomic E-state index is -0.626. The normalized spacial score (nSPS) is 12.9. The van der Waals surface area contributed by atoms with Gasteiger partial charge in [0.25, 0.3) is 0 Å². The van der Waals surface area contributed by atoms with E-state index in [1.165, 1.54) is 6.07 Å². The van der Waals surface area contributed by atoms with Crippen molar-refractivity contribution in [2.45, 2.75) is 26.9 Å². The van der Waals surface area contributed by atoms with Crippen molar-refractivity contribution in [2.24, 2.45) is 5.92 Å². The van der Waals surface area contributed by atoms with E-state index in [1.54, 1.807) is 19.1 Å². The Hall–Kier alpha value is -1.09. The van der Waals surface area contributed by atoms with Crippen LogP contribution in [0.3, 0.4) is 0 Å². The SMILES string of the molecule is CC(C)CN(C)c1ccc([C@@H](C)O)cc1F. The fourth-order valence-electron chi connectivity index (χ4n) is 1.74. The first-order chi connectivity index (χ1) is 7.41. The second-order valence-corrected chi connectivity index (χ2v) is 4.66. The molecule has 0 aromatic heterocycles. The Morgan fingerprint density at radius 3 is 2.38 bits per heavy atom. The average molecular weight is 225 g/mol. The third-order valence-corrected chi connectivity index (χ3v) is 2.50. The molecule has 90 valence electrons. The summed E-state index contributed by atoms with van der Waals surface area (Å²) in [5.74, 6) is 0.211. The fraction of sp³-hybridized carbons (Fsp3) is 0.538. The van der Waals surface area contributed by atoms with E-state index in [4.69, 9.17) is 0 Å². The van der Waals surface area contributed by atoms with Crippen molar-refractivity contribution in [3.8, 4) is 0 Å². The summed E-state index contributed by atoms with van der Waals surface area (Å²) in [5, 5.41) is 9.34. The fourth-order valence-corrected chi connectivity index (χ4v) is 1.74. The topological polar surface area (TPSA) is 23.5 Å². The molecule has 1 N–H and O–H groups in total. The lowest BCUT2D eigenvalue weighted by molar-refractivity contribution is 0.199. The lowest BCUT2D eigenvalue weighted by Crippen LogP contribution is -2.23. The van der Waals surface area contributed by atoms with Crippen molar-refractivity contribution in [1.82, 2.24) is 0 Å². The third kappa shape index (κ3) is 3.20. The van der Waals surface area contributed by atoms with E-state index in [0.29, 0.717) is 17.2 Å². The van der Waals surface area contributed by atoms with Crippen LogP contribution in [0.5, 0.6) is 0 Å². The monoisotopic (exact) mass is 225 g/mol. The Morgan fingerprint density at radius 2 is 1.94 bits per heavy atom. The minimum absolute atomic E-state index is 0.276. The van der Waals surface area contributed by atoms with E-state index in [0.717, 1.165) is 6.54 Å². The standard InChI is InChI=1S/C13H20FNO/c1-9(2)8-15(4)13-6-5-11(10(3)16)7-12(13)14/h5-7,9-10,16H,8H2,1-4H3/t10-/m1/s1. The molecule has 1 aromatic rings. The van der Waals surface area contributed by atoms with Crippen LogP contribution in [0, 0.1) is 11.7 Å². The van der Waals surface area contributed by atoms with Crippen molar-refractivity contribution in [2.75, 3.05) is 18.5 Å². The van der Waals surface area contributed by atoms with Gasteiger partial charge in [0.15, 0.2) is 0 Å². The van der Waals surface area contributed by atoms with Gasteiger partial charge in [-0.15, -0.1) is 0 Å². The molecule has 1 aromatic carbocycles. The van der Waals surface area contributed by atoms with E-state index >= 15 is 0 Å². The Morgan fingerprint density at radius 1 is 1.31 bits per heavy atom. The summed E-state index contributed by atoms with van der Waals surface area (Å²) < 4.78 is 13.8. The van der Waals surface area contributed by atoms with E-state index < -0.39 is 6.10 Å². The van der Waals surface area contributed by atoms with Gasteiger partial charge in [-0.3, -0.25) is 0 Å². The zero-order chi connectivity index (χ0) is 12.3. The number of benzene rings is 1. The number of halogens is 1. The molecule has 0 aliphatic heterocycles. The number of nitrogens with zero attached hydrogens (tertiary/aromatic N) is 1. The molecule has 0 saturated heterocycles. The quantitative estimate of drug-likeness (QED) is 0.851. The lowest BCUT2D eigenvalue weighted by Gasteiger charge is -2.22. The van der Waals surface area contributed by atoms with Gasteiger partial charge in [0.1, 0.15) is 5.82 Å². The van der Waals surface area contributed by atoms with Crippen LogP contribution in [0.2, 0.25) is 0 Å². The van der Waals surface area contributed by atoms with Gasteiger partial charge in [0, 0.05) is 13.6 Å². The molecule has 2 nitrogen and oxygen atoms in total. The maximum atomic E-state index is 13.8. The average Bonchev–Trinajstić information content (AvgIpc) is 2.15. The van der Waals surface area contributed by atoms with Crippen molar-refractivity contribution >= 4 is 5.69 Å². The maximum absolute atomic E-state index is 13.8. The van der Waals surface area contributed by atoms with Crippen LogP contribution in [0.25, 0.3) is 0 Å². The lowest BCUT2D eigenvalue weighted by atomic mass is 10.1. The number of aliphatic hydroxyl groups is 1. The molecule has 0 unspecified atom stereocenters. The van der Waals surface area contributed by atoms with Crippen molar-refractivity contribution in [3.63, 3.8) is 0 Å². The Bertz CT molecular complexity index is 350. The molecular formula is C13H20FNO. The molecule has 0 spiro atoms. The highest BCUT2D eigenvalue weighted by Crippen LogP contribution is 2.23. The molecule has 3 heteroatoms. The highest BCUT2D eigenvalue weighted by atomic mass is 19.1. The van der Waals surface area contributed by atoms with E-state index in [-0.39, 0.29) is 5.82 Å². The van der Waals surface area contributed by atoms with Crippen LogP contribution in [-0.2, 0) is 0 Å². The van der Waals surface area contributed by atoms with Crippen molar-refractivity contribution < 1.29 is 9.50 Å². The summed E-state index contributed by atoms with van der Waals surface area (Å²) >= 11 is 0. The highest BCUT2D eigenvalue weighted by molar-refractivity contribution is 5.48. The summed E-state index contributed by atoms with van der Waals surface area (Å²) in [6, 6.07) is 4.89. The van der Waals surface area contributed by atoms with Crippen LogP contribution in [0.4, 0.5) is 10.1 Å². The Kier molecular flexibility index (Phi) is 4.30. The van der Waals surface area contributed by atoms with Crippen molar-refractivity contribution in [1.29, 1.82) is 0 Å². The third-order valence-electron chi connectivity index (χ3n) is 2.50. The van der Waals surface area contributed by atoms with E-state index in [9.17, 15) is 9.50 Å². The minimum Gasteiger partial charge on any atom is -0.389 e. The van der Waals surface area contributed by atoms with Gasteiger partial charge in [0.2, 0.25) is 0 Å². The summed E-state index contributed by atoms with van der Waals surface area (Å²) in [5.41, 5.74) is 1.19. The van der Waals surface area contributed by atoms with Crippen LogP contribution in [-0.4, -0.2) is 18.7 Å². The summed E-state index contributed by atoms with van der Waals surface area (Å²) in [6.07, 6.45) is -0.626. The molecule has 0 aliphatic carbocycles. The molecule has 1 rings (SSSR count). The first-order valence-corrected chi connectivity index (χ1v) is 5.60. The van der Waals surface area contributed by atoms with Crippen LogP contribution in [0.1, 0.15) is 32.4 Å². The molecule has 16 heavy (non-hydrogen) atoms. The number of aliphatic hydroxyl groups excluding tert-OH is 1.